The fourth-order valence-electron chi connectivity index (χ4n) is 5.97. The molecule has 0 radical (unpaired) electrons. The Morgan fingerprint density at radius 1 is 0.679 bits per heavy atom. The Bertz CT molecular complexity index is 1200. The summed E-state index contributed by atoms with van der Waals surface area (Å²) in [6.07, 6.45) is -29.6. The Balaban J connectivity index is 0.00000486. The number of nitrogens with one attached hydrogen (secondary N) is 1. The molecule has 0 aliphatic carbocycles. The van der Waals surface area contributed by atoms with Crippen LogP contribution in [0.1, 0.15) is 6.92 Å². The van der Waals surface area contributed by atoms with Gasteiger partial charge in [-0.2, -0.15) is 0 Å². The summed E-state index contributed by atoms with van der Waals surface area (Å²) >= 11 is 0. The molecular formula is C28H42Mo2N2O21-2. The SMILES string of the molecule is COC=N[C@@H]1[C@@H](O[C@@H]2O[C@H]([C-]=O)[C@@H](O[C@@H]3O[C@H](CO)[C@@H](O)[C@H](O[C@@H]4O[C@H]([C-]=O)[C@@H](O)[C@H](O)[C@H]4O)[C@H]3NC(C)=O)[C@H](O)[C@H]2O)[C@H](O)[C@@H](CO)O[C@H]1O.[Mo].[Mo]. The Kier molecular flexibility index (Phi) is 19.5. The van der Waals surface area contributed by atoms with E-state index in [0.717, 1.165) is 13.3 Å². The summed E-state index contributed by atoms with van der Waals surface area (Å²) < 4.78 is 43.3. The van der Waals surface area contributed by atoms with Crippen molar-refractivity contribution >= 4 is 24.9 Å². The third kappa shape index (κ3) is 10.7. The van der Waals surface area contributed by atoms with Crippen LogP contribution in [0.5, 0.6) is 0 Å². The number of aliphatic hydroxyl groups is 10. The van der Waals surface area contributed by atoms with Crippen LogP contribution in [0, 0.1) is 0 Å². The van der Waals surface area contributed by atoms with E-state index in [4.69, 9.17) is 37.9 Å². The number of hydrogen-bond donors (Lipinski definition) is 11. The smallest absolute Gasteiger partial charge is 0.217 e. The minimum atomic E-state index is -2.11. The minimum Gasteiger partial charge on any atom is -0.539 e. The van der Waals surface area contributed by atoms with Crippen molar-refractivity contribution in [3.05, 3.63) is 0 Å². The van der Waals surface area contributed by atoms with Crippen LogP contribution in [0.2, 0.25) is 0 Å². The maximum Gasteiger partial charge on any atom is 0.217 e. The van der Waals surface area contributed by atoms with E-state index in [1.807, 2.05) is 0 Å². The second-order valence-corrected chi connectivity index (χ2v) is 12.0. The summed E-state index contributed by atoms with van der Waals surface area (Å²) in [5.41, 5.74) is 0. The number of rotatable bonds is 13. The molecular weight excluding hydrogens is 892 g/mol. The zero-order valence-corrected chi connectivity index (χ0v) is 31.8. The number of carbonyl (C=O) groups is 1. The third-order valence-electron chi connectivity index (χ3n) is 8.62. The van der Waals surface area contributed by atoms with Gasteiger partial charge in [0.05, 0.1) is 32.5 Å². The van der Waals surface area contributed by atoms with Crippen molar-refractivity contribution < 1.29 is 145 Å². The van der Waals surface area contributed by atoms with Crippen molar-refractivity contribution in [1.29, 1.82) is 0 Å². The van der Waals surface area contributed by atoms with Crippen LogP contribution in [0.15, 0.2) is 4.99 Å². The third-order valence-corrected chi connectivity index (χ3v) is 8.62. The van der Waals surface area contributed by atoms with E-state index >= 15 is 0 Å². The summed E-state index contributed by atoms with van der Waals surface area (Å²) in [5, 5.41) is 107. The first-order valence-corrected chi connectivity index (χ1v) is 15.5. The number of methoxy groups -OCH3 is 1. The van der Waals surface area contributed by atoms with Crippen LogP contribution in [-0.4, -0.2) is 219 Å². The fraction of sp³-hybridized carbons (Fsp3) is 0.857. The van der Waals surface area contributed by atoms with Gasteiger partial charge in [0.2, 0.25) is 5.91 Å². The second-order valence-electron chi connectivity index (χ2n) is 12.0. The average molecular weight is 935 g/mol. The Labute approximate surface area is 329 Å². The molecule has 0 aromatic heterocycles. The fourth-order valence-corrected chi connectivity index (χ4v) is 5.97. The van der Waals surface area contributed by atoms with Gasteiger partial charge in [0.25, 0.3) is 0 Å². The summed E-state index contributed by atoms with van der Waals surface area (Å²) in [6, 6.07) is -3.09. The van der Waals surface area contributed by atoms with Crippen LogP contribution >= 0.6 is 0 Å². The molecule has 0 saturated carbocycles. The summed E-state index contributed by atoms with van der Waals surface area (Å²) in [4.78, 5) is 39.6. The van der Waals surface area contributed by atoms with Gasteiger partial charge in [0.1, 0.15) is 73.1 Å². The van der Waals surface area contributed by atoms with Crippen molar-refractivity contribution in [1.82, 2.24) is 5.32 Å². The van der Waals surface area contributed by atoms with E-state index in [2.05, 4.69) is 10.3 Å². The molecule has 4 rings (SSSR count). The predicted octanol–water partition coefficient (Wildman–Crippen LogP) is -8.69. The number of nitrogens with zero attached hydrogens (tertiary/aromatic N) is 1. The van der Waals surface area contributed by atoms with Gasteiger partial charge in [-0.15, -0.1) is 0 Å². The van der Waals surface area contributed by atoms with Gasteiger partial charge in [0, 0.05) is 49.1 Å². The average Bonchev–Trinajstić information content (AvgIpc) is 3.10. The molecule has 0 aromatic rings. The van der Waals surface area contributed by atoms with Gasteiger partial charge < -0.3 is 104 Å². The molecule has 0 unspecified atom stereocenters. The zero-order chi connectivity index (χ0) is 37.7. The first kappa shape index (κ1) is 48.1. The molecule has 0 aromatic carbocycles. The molecule has 4 heterocycles. The Morgan fingerprint density at radius 2 is 1.19 bits per heavy atom. The van der Waals surface area contributed by atoms with Crippen LogP contribution in [-0.2, 0) is 94.4 Å². The van der Waals surface area contributed by atoms with E-state index < -0.39 is 142 Å². The van der Waals surface area contributed by atoms with Crippen LogP contribution in [0.25, 0.3) is 0 Å². The van der Waals surface area contributed by atoms with Gasteiger partial charge in [-0.05, 0) is 12.2 Å². The molecule has 4 saturated heterocycles. The molecule has 0 bridgehead atoms. The van der Waals surface area contributed by atoms with Crippen molar-refractivity contribution in [2.45, 2.75) is 130 Å². The van der Waals surface area contributed by atoms with Gasteiger partial charge in [-0.25, -0.2) is 17.6 Å². The predicted molar refractivity (Wildman–Crippen MR) is 156 cm³/mol. The van der Waals surface area contributed by atoms with Crippen LogP contribution in [0.3, 0.4) is 0 Å². The van der Waals surface area contributed by atoms with Gasteiger partial charge in [-0.3, -0.25) is 4.79 Å². The molecule has 1 amide bonds. The quantitative estimate of drug-likeness (QED) is 0.0354. The Hall–Kier alpha value is -1.02. The van der Waals surface area contributed by atoms with Gasteiger partial charge in [-0.1, -0.05) is 0 Å². The number of ether oxygens (including phenoxy) is 8. The molecule has 25 heteroatoms. The molecule has 20 atom stereocenters. The van der Waals surface area contributed by atoms with Crippen LogP contribution < -0.4 is 5.32 Å². The maximum atomic E-state index is 12.3. The van der Waals surface area contributed by atoms with Crippen molar-refractivity contribution in [2.75, 3.05) is 20.3 Å². The summed E-state index contributed by atoms with van der Waals surface area (Å²) in [7, 11) is 1.23. The zero-order valence-electron chi connectivity index (χ0n) is 27.8. The molecule has 11 N–H and O–H groups in total. The second kappa shape index (κ2) is 21.5. The van der Waals surface area contributed by atoms with Crippen molar-refractivity contribution in [3.63, 3.8) is 0 Å². The normalized spacial score (nSPS) is 46.0. The topological polar surface area (TPSA) is 352 Å². The standard InChI is InChI=1S/C28H42N2O21.2Mo/c1-8(35)30-14-24(51-27-20(41)18(39)15(36)9(3-31)47-27)17(38)11(5-33)46-26(14)49-22-12(6-34)48-28(21(42)19(22)40)50-23-13(29-7-44-2)25(43)45-10(4-32)16(23)37;;/h7,9-28,32-33,36-43H,4-5H2,1-2H3,(H,30,35);;/q-2;;/t9-,10-,11-,12-,13-,14-,15-,16-,17-,18+,19-,20-,21-,22-,23-,24-,25-,26+,27+,28+;;/m1../s1. The summed E-state index contributed by atoms with van der Waals surface area (Å²) in [6.45, 7) is -0.687. The summed E-state index contributed by atoms with van der Waals surface area (Å²) in [5.74, 6) is -0.795. The van der Waals surface area contributed by atoms with E-state index in [9.17, 15) is 65.4 Å². The molecule has 4 aliphatic rings. The number of aliphatic imine (C=N–C) groups is 1. The van der Waals surface area contributed by atoms with Gasteiger partial charge in [0.15, 0.2) is 31.6 Å². The Morgan fingerprint density at radius 3 is 1.74 bits per heavy atom. The van der Waals surface area contributed by atoms with E-state index in [0.29, 0.717) is 0 Å². The first-order valence-electron chi connectivity index (χ1n) is 15.5. The molecule has 23 nitrogen and oxygen atoms in total. The van der Waals surface area contributed by atoms with E-state index in [1.165, 1.54) is 19.7 Å². The van der Waals surface area contributed by atoms with Gasteiger partial charge >= 0.3 is 0 Å². The maximum absolute atomic E-state index is 12.3. The van der Waals surface area contributed by atoms with Crippen molar-refractivity contribution in [2.24, 2.45) is 4.99 Å². The largest absolute Gasteiger partial charge is 0.539 e. The van der Waals surface area contributed by atoms with E-state index in [-0.39, 0.29) is 42.1 Å². The molecule has 304 valence electrons. The molecule has 4 aliphatic heterocycles. The monoisotopic (exact) mass is 938 g/mol. The van der Waals surface area contributed by atoms with E-state index in [1.54, 1.807) is 0 Å². The number of amides is 1. The molecule has 0 spiro atoms. The number of aliphatic hydroxyl groups excluding tert-OH is 10. The van der Waals surface area contributed by atoms with Crippen molar-refractivity contribution in [3.8, 4) is 0 Å². The molecule has 53 heavy (non-hydrogen) atoms. The minimum absolute atomic E-state index is 0. The number of hydrogen-bond acceptors (Lipinski definition) is 22. The molecule has 4 fully saturated rings. The number of carbonyl (C=O) groups excluding carboxylic acids is 3. The first-order chi connectivity index (χ1) is 24.2. The van der Waals surface area contributed by atoms with Crippen LogP contribution in [0.4, 0.5) is 0 Å².